The second-order valence-corrected chi connectivity index (χ2v) is 9.03. The van der Waals surface area contributed by atoms with E-state index < -0.39 is 9.84 Å². The minimum atomic E-state index is -3.08. The molecule has 1 aromatic heterocycles. The van der Waals surface area contributed by atoms with Gasteiger partial charge in [-0.05, 0) is 31.4 Å². The van der Waals surface area contributed by atoms with Crippen LogP contribution in [0.3, 0.4) is 0 Å². The van der Waals surface area contributed by atoms with Crippen molar-refractivity contribution in [3.05, 3.63) is 36.1 Å². The topological polar surface area (TPSA) is 76.8 Å². The van der Waals surface area contributed by atoms with Crippen LogP contribution in [-0.2, 0) is 14.6 Å². The molecule has 0 spiro atoms. The molecule has 6 nitrogen and oxygen atoms in total. The van der Waals surface area contributed by atoms with Crippen LogP contribution in [0.5, 0.6) is 0 Å². The van der Waals surface area contributed by atoms with Crippen LogP contribution >= 0.6 is 0 Å². The number of benzene rings is 1. The molecule has 2 aromatic rings. The third kappa shape index (κ3) is 3.43. The minimum Gasteiger partial charge on any atom is -0.451 e. The van der Waals surface area contributed by atoms with Gasteiger partial charge in [0.25, 0.3) is 5.91 Å². The summed E-state index contributed by atoms with van der Waals surface area (Å²) in [6, 6.07) is 8.86. The lowest BCUT2D eigenvalue weighted by atomic mass is 10.1. The van der Waals surface area contributed by atoms with Gasteiger partial charge in [0.05, 0.1) is 17.6 Å². The Morgan fingerprint density at radius 3 is 2.76 bits per heavy atom. The number of para-hydroxylation sites is 1. The number of rotatable bonds is 4. The average Bonchev–Trinajstić information content (AvgIpc) is 3.30. The molecule has 2 aliphatic heterocycles. The number of carbonyl (C=O) groups excluding carboxylic acids is 1. The summed E-state index contributed by atoms with van der Waals surface area (Å²) in [5.74, 6) is 0.149. The zero-order valence-corrected chi connectivity index (χ0v) is 14.7. The quantitative estimate of drug-likeness (QED) is 0.833. The number of sulfone groups is 1. The molecule has 1 aromatic carbocycles. The Bertz CT molecular complexity index is 849. The molecule has 25 heavy (non-hydrogen) atoms. The molecular formula is C18H21NO5S. The average molecular weight is 363 g/mol. The van der Waals surface area contributed by atoms with E-state index in [1.807, 2.05) is 24.3 Å². The molecule has 0 N–H and O–H groups in total. The second-order valence-electron chi connectivity index (χ2n) is 6.80. The smallest absolute Gasteiger partial charge is 0.289 e. The SMILES string of the molecule is O=C(c1cc2ccccc2o1)N(CC1CCCO1)C1CCS(=O)(=O)C1. The van der Waals surface area contributed by atoms with Crippen molar-refractivity contribution in [2.45, 2.75) is 31.4 Å². The van der Waals surface area contributed by atoms with Crippen LogP contribution in [0.4, 0.5) is 0 Å². The molecule has 0 bridgehead atoms. The molecule has 2 aliphatic rings. The van der Waals surface area contributed by atoms with Crippen LogP contribution in [0.1, 0.15) is 29.8 Å². The molecule has 1 amide bonds. The molecule has 2 atom stereocenters. The van der Waals surface area contributed by atoms with Crippen LogP contribution in [0, 0.1) is 0 Å². The highest BCUT2D eigenvalue weighted by molar-refractivity contribution is 7.91. The van der Waals surface area contributed by atoms with Gasteiger partial charge in [-0.25, -0.2) is 8.42 Å². The number of ether oxygens (including phenoxy) is 1. The van der Waals surface area contributed by atoms with Crippen molar-refractivity contribution in [2.24, 2.45) is 0 Å². The van der Waals surface area contributed by atoms with E-state index in [0.717, 1.165) is 18.2 Å². The minimum absolute atomic E-state index is 0.0195. The number of amides is 1. The Morgan fingerprint density at radius 2 is 2.08 bits per heavy atom. The van der Waals surface area contributed by atoms with Gasteiger partial charge in [0.2, 0.25) is 0 Å². The van der Waals surface area contributed by atoms with Crippen molar-refractivity contribution in [2.75, 3.05) is 24.7 Å². The van der Waals surface area contributed by atoms with Crippen molar-refractivity contribution >= 4 is 26.7 Å². The van der Waals surface area contributed by atoms with E-state index in [1.165, 1.54) is 0 Å². The fourth-order valence-electron chi connectivity index (χ4n) is 3.66. The first kappa shape index (κ1) is 16.6. The molecule has 3 heterocycles. The van der Waals surface area contributed by atoms with Gasteiger partial charge in [0.1, 0.15) is 5.58 Å². The van der Waals surface area contributed by atoms with Crippen LogP contribution in [0.25, 0.3) is 11.0 Å². The number of hydrogen-bond acceptors (Lipinski definition) is 5. The van der Waals surface area contributed by atoms with Gasteiger partial charge >= 0.3 is 0 Å². The molecule has 0 aliphatic carbocycles. The fraction of sp³-hybridized carbons (Fsp3) is 0.500. The van der Waals surface area contributed by atoms with Gasteiger partial charge in [-0.15, -0.1) is 0 Å². The third-order valence-electron chi connectivity index (χ3n) is 4.97. The summed E-state index contributed by atoms with van der Waals surface area (Å²) in [6.07, 6.45) is 2.31. The molecule has 7 heteroatoms. The maximum Gasteiger partial charge on any atom is 0.289 e. The summed E-state index contributed by atoms with van der Waals surface area (Å²) in [5, 5.41) is 0.863. The van der Waals surface area contributed by atoms with Crippen molar-refractivity contribution < 1.29 is 22.4 Å². The van der Waals surface area contributed by atoms with E-state index >= 15 is 0 Å². The number of fused-ring (bicyclic) bond motifs is 1. The Morgan fingerprint density at radius 1 is 1.24 bits per heavy atom. The van der Waals surface area contributed by atoms with Crippen molar-refractivity contribution in [3.8, 4) is 0 Å². The highest BCUT2D eigenvalue weighted by Gasteiger charge is 2.37. The molecule has 2 unspecified atom stereocenters. The van der Waals surface area contributed by atoms with Crippen LogP contribution in [0.15, 0.2) is 34.7 Å². The first-order valence-electron chi connectivity index (χ1n) is 8.63. The van der Waals surface area contributed by atoms with Gasteiger partial charge in [0, 0.05) is 24.6 Å². The number of nitrogens with zero attached hydrogens (tertiary/aromatic N) is 1. The molecule has 2 fully saturated rings. The lowest BCUT2D eigenvalue weighted by molar-refractivity contribution is 0.0420. The predicted molar refractivity (Wildman–Crippen MR) is 93.3 cm³/mol. The summed E-state index contributed by atoms with van der Waals surface area (Å²) in [4.78, 5) is 14.7. The maximum atomic E-state index is 13.1. The van der Waals surface area contributed by atoms with Gasteiger partial charge in [-0.1, -0.05) is 18.2 Å². The highest BCUT2D eigenvalue weighted by Crippen LogP contribution is 2.26. The van der Waals surface area contributed by atoms with Gasteiger partial charge in [-0.2, -0.15) is 0 Å². The third-order valence-corrected chi connectivity index (χ3v) is 6.72. The zero-order valence-electron chi connectivity index (χ0n) is 13.9. The first-order chi connectivity index (χ1) is 12.0. The molecule has 0 saturated carbocycles. The fourth-order valence-corrected chi connectivity index (χ4v) is 5.39. The van der Waals surface area contributed by atoms with Crippen LogP contribution in [-0.4, -0.2) is 56.0 Å². The van der Waals surface area contributed by atoms with E-state index in [9.17, 15) is 13.2 Å². The van der Waals surface area contributed by atoms with E-state index in [-0.39, 0.29) is 35.3 Å². The van der Waals surface area contributed by atoms with Gasteiger partial charge < -0.3 is 14.1 Å². The zero-order chi connectivity index (χ0) is 17.4. The number of carbonyl (C=O) groups is 1. The predicted octanol–water partition coefficient (Wildman–Crippen LogP) is 2.24. The van der Waals surface area contributed by atoms with E-state index in [0.29, 0.717) is 25.2 Å². The van der Waals surface area contributed by atoms with Gasteiger partial charge in [0.15, 0.2) is 15.6 Å². The van der Waals surface area contributed by atoms with Crippen LogP contribution in [0.2, 0.25) is 0 Å². The molecule has 0 radical (unpaired) electrons. The lowest BCUT2D eigenvalue weighted by Gasteiger charge is -2.29. The number of hydrogen-bond donors (Lipinski definition) is 0. The Labute approximate surface area is 146 Å². The first-order valence-corrected chi connectivity index (χ1v) is 10.5. The Balaban J connectivity index is 1.62. The number of furan rings is 1. The molecule has 4 rings (SSSR count). The van der Waals surface area contributed by atoms with Crippen molar-refractivity contribution in [1.82, 2.24) is 4.90 Å². The summed E-state index contributed by atoms with van der Waals surface area (Å²) in [6.45, 7) is 1.11. The summed E-state index contributed by atoms with van der Waals surface area (Å²) in [7, 11) is -3.08. The van der Waals surface area contributed by atoms with Crippen molar-refractivity contribution in [1.29, 1.82) is 0 Å². The van der Waals surface area contributed by atoms with Crippen molar-refractivity contribution in [3.63, 3.8) is 0 Å². The second kappa shape index (κ2) is 6.46. The van der Waals surface area contributed by atoms with Crippen LogP contribution < -0.4 is 0 Å². The van der Waals surface area contributed by atoms with E-state index in [4.69, 9.17) is 9.15 Å². The lowest BCUT2D eigenvalue weighted by Crippen LogP contribution is -2.45. The normalized spacial score (nSPS) is 25.4. The highest BCUT2D eigenvalue weighted by atomic mass is 32.2. The molecular weight excluding hydrogens is 342 g/mol. The molecule has 2 saturated heterocycles. The summed E-state index contributed by atoms with van der Waals surface area (Å²) in [5.41, 5.74) is 0.655. The molecule has 134 valence electrons. The largest absolute Gasteiger partial charge is 0.451 e. The van der Waals surface area contributed by atoms with Gasteiger partial charge in [-0.3, -0.25) is 4.79 Å². The Kier molecular flexibility index (Phi) is 4.29. The summed E-state index contributed by atoms with van der Waals surface area (Å²) >= 11 is 0. The maximum absolute atomic E-state index is 13.1. The van der Waals surface area contributed by atoms with E-state index in [2.05, 4.69) is 0 Å². The monoisotopic (exact) mass is 363 g/mol. The standard InChI is InChI=1S/C18H21NO5S/c20-18(17-10-13-4-1-2-6-16(13)24-17)19(11-15-5-3-8-23-15)14-7-9-25(21,22)12-14/h1-2,4,6,10,14-15H,3,5,7-9,11-12H2. The Hall–Kier alpha value is -1.86. The van der Waals surface area contributed by atoms with E-state index in [1.54, 1.807) is 11.0 Å². The summed E-state index contributed by atoms with van der Waals surface area (Å²) < 4.78 is 35.2.